The van der Waals surface area contributed by atoms with Gasteiger partial charge < -0.3 is 0 Å². The Labute approximate surface area is 74.7 Å². The first-order chi connectivity index (χ1) is 5.88. The van der Waals surface area contributed by atoms with Crippen molar-refractivity contribution >= 4 is 11.3 Å². The highest BCUT2D eigenvalue weighted by molar-refractivity contribution is 7.07. The third-order valence-electron chi connectivity index (χ3n) is 1.75. The molecule has 0 amide bonds. The molecular weight excluding hydrogens is 170 g/mol. The molecule has 61 valence electrons. The van der Waals surface area contributed by atoms with Crippen molar-refractivity contribution in [3.8, 4) is 0 Å². The van der Waals surface area contributed by atoms with Crippen LogP contribution < -0.4 is 0 Å². The first-order valence-corrected chi connectivity index (χ1v) is 4.60. The third kappa shape index (κ3) is 1.25. The highest BCUT2D eigenvalue weighted by Gasteiger charge is 2.08. The summed E-state index contributed by atoms with van der Waals surface area (Å²) in [5.41, 5.74) is 2.89. The van der Waals surface area contributed by atoms with E-state index < -0.39 is 0 Å². The molecule has 0 aliphatic carbocycles. The standard InChI is InChI=1S/C8H8N3S/c1-7(8-5-12-6-9-8)11-4-2-3-10-11/h3-7H,1H3. The molecule has 12 heavy (non-hydrogen) atoms. The fourth-order valence-electron chi connectivity index (χ4n) is 1.02. The van der Waals surface area contributed by atoms with Crippen LogP contribution in [0.2, 0.25) is 0 Å². The average Bonchev–Trinajstić information content (AvgIpc) is 2.77. The van der Waals surface area contributed by atoms with E-state index in [0.717, 1.165) is 5.69 Å². The van der Waals surface area contributed by atoms with Gasteiger partial charge in [0.1, 0.15) is 0 Å². The number of thiazole rings is 1. The lowest BCUT2D eigenvalue weighted by Crippen LogP contribution is -2.06. The molecule has 2 aromatic heterocycles. The molecule has 0 N–H and O–H groups in total. The minimum absolute atomic E-state index is 0.211. The van der Waals surface area contributed by atoms with Crippen molar-refractivity contribution in [1.29, 1.82) is 0 Å². The van der Waals surface area contributed by atoms with Crippen molar-refractivity contribution in [3.05, 3.63) is 35.0 Å². The first-order valence-electron chi connectivity index (χ1n) is 3.66. The predicted molar refractivity (Wildman–Crippen MR) is 47.0 cm³/mol. The Bertz CT molecular complexity index is 291. The van der Waals surface area contributed by atoms with Gasteiger partial charge in [-0.3, -0.25) is 4.68 Å². The van der Waals surface area contributed by atoms with E-state index in [1.165, 1.54) is 0 Å². The fraction of sp³-hybridized carbons (Fsp3) is 0.250. The molecule has 4 heteroatoms. The number of nitrogens with zero attached hydrogens (tertiary/aromatic N) is 3. The molecule has 1 radical (unpaired) electrons. The van der Waals surface area contributed by atoms with Crippen LogP contribution in [0.4, 0.5) is 0 Å². The largest absolute Gasteiger partial charge is 0.263 e. The van der Waals surface area contributed by atoms with Gasteiger partial charge in [0, 0.05) is 17.6 Å². The highest BCUT2D eigenvalue weighted by atomic mass is 32.1. The van der Waals surface area contributed by atoms with Gasteiger partial charge in [0.15, 0.2) is 0 Å². The van der Waals surface area contributed by atoms with Gasteiger partial charge in [-0.25, -0.2) is 4.98 Å². The summed E-state index contributed by atoms with van der Waals surface area (Å²) >= 11 is 1.60. The summed E-state index contributed by atoms with van der Waals surface area (Å²) in [6.07, 6.45) is 3.48. The van der Waals surface area contributed by atoms with Crippen molar-refractivity contribution in [2.45, 2.75) is 13.0 Å². The smallest absolute Gasteiger partial charge is 0.0919 e. The molecule has 0 bridgehead atoms. The van der Waals surface area contributed by atoms with E-state index in [1.54, 1.807) is 17.5 Å². The Morgan fingerprint density at radius 1 is 1.67 bits per heavy atom. The van der Waals surface area contributed by atoms with Gasteiger partial charge in [-0.15, -0.1) is 11.3 Å². The molecule has 2 aromatic rings. The van der Waals surface area contributed by atoms with Gasteiger partial charge >= 0.3 is 0 Å². The minimum atomic E-state index is 0.211. The van der Waals surface area contributed by atoms with Crippen molar-refractivity contribution in [2.75, 3.05) is 0 Å². The summed E-state index contributed by atoms with van der Waals surface area (Å²) in [6, 6.07) is 3.11. The van der Waals surface area contributed by atoms with Crippen LogP contribution in [0.25, 0.3) is 0 Å². The Kier molecular flexibility index (Phi) is 1.91. The lowest BCUT2D eigenvalue weighted by molar-refractivity contribution is 0.554. The van der Waals surface area contributed by atoms with E-state index in [9.17, 15) is 0 Å². The molecular formula is C8H8N3S. The summed E-state index contributed by atoms with van der Waals surface area (Å²) < 4.78 is 1.84. The lowest BCUT2D eigenvalue weighted by Gasteiger charge is -2.07. The molecule has 0 aliphatic heterocycles. The van der Waals surface area contributed by atoms with Crippen LogP contribution in [0.5, 0.6) is 0 Å². The van der Waals surface area contributed by atoms with Crippen LogP contribution in [0.3, 0.4) is 0 Å². The molecule has 0 fully saturated rings. The normalized spacial score (nSPS) is 13.1. The monoisotopic (exact) mass is 178 g/mol. The first kappa shape index (κ1) is 7.49. The van der Waals surface area contributed by atoms with Gasteiger partial charge in [0.05, 0.1) is 23.4 Å². The molecule has 0 aliphatic rings. The summed E-state index contributed by atoms with van der Waals surface area (Å²) in [5, 5.41) is 6.13. The quantitative estimate of drug-likeness (QED) is 0.701. The summed E-state index contributed by atoms with van der Waals surface area (Å²) in [4.78, 5) is 4.22. The van der Waals surface area contributed by atoms with Gasteiger partial charge in [-0.1, -0.05) is 0 Å². The third-order valence-corrected chi connectivity index (χ3v) is 2.35. The zero-order chi connectivity index (χ0) is 8.39. The molecule has 1 unspecified atom stereocenters. The number of hydrogen-bond donors (Lipinski definition) is 0. The Morgan fingerprint density at radius 2 is 2.58 bits per heavy atom. The summed E-state index contributed by atoms with van der Waals surface area (Å²) in [7, 11) is 0. The number of aromatic nitrogens is 3. The minimum Gasteiger partial charge on any atom is -0.263 e. The SMILES string of the molecule is CC(c1cscn1)n1c[c]cn1. The van der Waals surface area contributed by atoms with Crippen LogP contribution >= 0.6 is 11.3 Å². The Balaban J connectivity index is 2.27. The second-order valence-corrected chi connectivity index (χ2v) is 3.23. The van der Waals surface area contributed by atoms with Crippen LogP contribution in [-0.2, 0) is 0 Å². The Morgan fingerprint density at radius 3 is 3.17 bits per heavy atom. The highest BCUT2D eigenvalue weighted by Crippen LogP contribution is 2.15. The van der Waals surface area contributed by atoms with Gasteiger partial charge in [-0.2, -0.15) is 5.10 Å². The molecule has 0 aromatic carbocycles. The van der Waals surface area contributed by atoms with Gasteiger partial charge in [-0.05, 0) is 6.92 Å². The maximum Gasteiger partial charge on any atom is 0.0919 e. The molecule has 0 saturated carbocycles. The van der Waals surface area contributed by atoms with E-state index >= 15 is 0 Å². The van der Waals surface area contributed by atoms with E-state index in [0.29, 0.717) is 0 Å². The number of hydrogen-bond acceptors (Lipinski definition) is 3. The maximum absolute atomic E-state index is 4.22. The van der Waals surface area contributed by atoms with Gasteiger partial charge in [0.25, 0.3) is 0 Å². The van der Waals surface area contributed by atoms with Gasteiger partial charge in [0.2, 0.25) is 0 Å². The molecule has 2 heterocycles. The lowest BCUT2D eigenvalue weighted by atomic mass is 10.3. The molecule has 3 nitrogen and oxygen atoms in total. The topological polar surface area (TPSA) is 30.7 Å². The van der Waals surface area contributed by atoms with E-state index in [2.05, 4.69) is 23.1 Å². The van der Waals surface area contributed by atoms with Crippen molar-refractivity contribution in [2.24, 2.45) is 0 Å². The van der Waals surface area contributed by atoms with Crippen molar-refractivity contribution < 1.29 is 0 Å². The van der Waals surface area contributed by atoms with E-state index in [-0.39, 0.29) is 6.04 Å². The van der Waals surface area contributed by atoms with Crippen LogP contribution in [0.1, 0.15) is 18.7 Å². The predicted octanol–water partition coefficient (Wildman–Crippen LogP) is 1.75. The number of rotatable bonds is 2. The Hall–Kier alpha value is -1.16. The van der Waals surface area contributed by atoms with Crippen molar-refractivity contribution in [1.82, 2.24) is 14.8 Å². The average molecular weight is 178 g/mol. The zero-order valence-corrected chi connectivity index (χ0v) is 7.45. The second kappa shape index (κ2) is 3.06. The molecule has 0 spiro atoms. The molecule has 1 atom stereocenters. The van der Waals surface area contributed by atoms with E-state index in [4.69, 9.17) is 0 Å². The van der Waals surface area contributed by atoms with Crippen LogP contribution in [0, 0.1) is 6.07 Å². The summed E-state index contributed by atoms with van der Waals surface area (Å²) in [6.45, 7) is 2.07. The van der Waals surface area contributed by atoms with Crippen LogP contribution in [-0.4, -0.2) is 14.8 Å². The fourth-order valence-corrected chi connectivity index (χ4v) is 1.66. The van der Waals surface area contributed by atoms with E-state index in [1.807, 2.05) is 21.8 Å². The summed E-state index contributed by atoms with van der Waals surface area (Å²) in [5.74, 6) is 0. The second-order valence-electron chi connectivity index (χ2n) is 2.51. The molecule has 0 saturated heterocycles. The van der Waals surface area contributed by atoms with Crippen LogP contribution in [0.15, 0.2) is 23.3 Å². The maximum atomic E-state index is 4.22. The zero-order valence-electron chi connectivity index (χ0n) is 6.64. The molecule has 2 rings (SSSR count). The van der Waals surface area contributed by atoms with Crippen molar-refractivity contribution in [3.63, 3.8) is 0 Å².